The molecule has 3 rings (SSSR count). The maximum Gasteiger partial charge on any atom is 0.136 e. The molecule has 4 nitrogen and oxygen atoms in total. The van der Waals surface area contributed by atoms with Crippen LogP contribution in [0.2, 0.25) is 0 Å². The van der Waals surface area contributed by atoms with Crippen molar-refractivity contribution in [2.45, 2.75) is 44.9 Å². The molecule has 1 aliphatic rings. The van der Waals surface area contributed by atoms with Crippen molar-refractivity contribution < 1.29 is 0 Å². The van der Waals surface area contributed by atoms with Crippen LogP contribution in [0.3, 0.4) is 0 Å². The van der Waals surface area contributed by atoms with Crippen molar-refractivity contribution >= 4 is 17.3 Å². The number of hydrogen-bond donors (Lipinski definition) is 2. The van der Waals surface area contributed by atoms with Gasteiger partial charge in [-0.2, -0.15) is 0 Å². The van der Waals surface area contributed by atoms with Crippen LogP contribution in [0.15, 0.2) is 30.3 Å². The number of anilines is 3. The van der Waals surface area contributed by atoms with E-state index in [0.29, 0.717) is 11.7 Å². The highest BCUT2D eigenvalue weighted by Gasteiger charge is 2.27. The summed E-state index contributed by atoms with van der Waals surface area (Å²) in [5.74, 6) is 2.70. The van der Waals surface area contributed by atoms with E-state index in [1.165, 1.54) is 31.2 Å². The van der Waals surface area contributed by atoms with Gasteiger partial charge >= 0.3 is 0 Å². The zero-order valence-electron chi connectivity index (χ0n) is 12.5. The number of nitrogens with two attached hydrogens (primary N) is 1. The molecule has 3 N–H and O–H groups in total. The molecular weight excluding hydrogens is 260 g/mol. The van der Waals surface area contributed by atoms with E-state index in [4.69, 9.17) is 5.73 Å². The summed E-state index contributed by atoms with van der Waals surface area (Å²) in [5.41, 5.74) is 8.28. The highest BCUT2D eigenvalue weighted by atomic mass is 15.1. The van der Waals surface area contributed by atoms with Gasteiger partial charge in [0.2, 0.25) is 0 Å². The largest absolute Gasteiger partial charge is 0.384 e. The Bertz CT molecular complexity index is 603. The fraction of sp³-hybridized carbons (Fsp3) is 0.412. The summed E-state index contributed by atoms with van der Waals surface area (Å²) in [6.07, 6.45) is 5.96. The van der Waals surface area contributed by atoms with E-state index >= 15 is 0 Å². The molecule has 0 unspecified atom stereocenters. The molecule has 21 heavy (non-hydrogen) atoms. The van der Waals surface area contributed by atoms with Crippen LogP contribution in [0.1, 0.15) is 49.9 Å². The van der Waals surface area contributed by atoms with Gasteiger partial charge in [0.1, 0.15) is 17.5 Å². The molecule has 2 aromatic rings. The van der Waals surface area contributed by atoms with Crippen LogP contribution in [-0.2, 0) is 6.42 Å². The fourth-order valence-electron chi connectivity index (χ4n) is 2.36. The Kier molecular flexibility index (Phi) is 4.04. The Morgan fingerprint density at radius 2 is 1.95 bits per heavy atom. The van der Waals surface area contributed by atoms with E-state index in [1.54, 1.807) is 6.07 Å². The number of aromatic nitrogens is 2. The second kappa shape index (κ2) is 6.12. The van der Waals surface area contributed by atoms with E-state index in [-0.39, 0.29) is 0 Å². The predicted octanol–water partition coefficient (Wildman–Crippen LogP) is 4.02. The molecule has 0 bridgehead atoms. The molecule has 0 saturated heterocycles. The first-order valence-corrected chi connectivity index (χ1v) is 7.75. The molecule has 1 fully saturated rings. The van der Waals surface area contributed by atoms with Crippen molar-refractivity contribution in [3.63, 3.8) is 0 Å². The number of unbranched alkanes of at least 4 members (excludes halogenated alkanes) is 1. The fourth-order valence-corrected chi connectivity index (χ4v) is 2.36. The van der Waals surface area contributed by atoms with Gasteiger partial charge in [0.25, 0.3) is 0 Å². The minimum absolute atomic E-state index is 0.505. The first-order valence-electron chi connectivity index (χ1n) is 7.75. The molecule has 1 aromatic carbocycles. The van der Waals surface area contributed by atoms with Crippen molar-refractivity contribution in [3.05, 3.63) is 41.7 Å². The minimum Gasteiger partial charge on any atom is -0.384 e. The van der Waals surface area contributed by atoms with Crippen molar-refractivity contribution in [1.82, 2.24) is 9.97 Å². The Morgan fingerprint density at radius 1 is 1.19 bits per heavy atom. The third-order valence-electron chi connectivity index (χ3n) is 3.75. The molecule has 0 atom stereocenters. The standard InChI is InChI=1S/C17H22N4/c1-2-3-4-12-5-9-14(10-6-12)19-16-11-15(18)20-17(21-16)13-7-8-13/h5-6,9-11,13H,2-4,7-8H2,1H3,(H3,18,19,20,21). The van der Waals surface area contributed by atoms with E-state index < -0.39 is 0 Å². The Hall–Kier alpha value is -2.10. The monoisotopic (exact) mass is 282 g/mol. The molecule has 4 heteroatoms. The van der Waals surface area contributed by atoms with Gasteiger partial charge in [-0.05, 0) is 43.4 Å². The number of nitrogen functional groups attached to an aromatic ring is 1. The molecule has 1 heterocycles. The van der Waals surface area contributed by atoms with Crippen LogP contribution in [0, 0.1) is 0 Å². The van der Waals surface area contributed by atoms with Gasteiger partial charge < -0.3 is 11.1 Å². The topological polar surface area (TPSA) is 63.8 Å². The lowest BCUT2D eigenvalue weighted by Gasteiger charge is -2.09. The minimum atomic E-state index is 0.505. The van der Waals surface area contributed by atoms with Gasteiger partial charge in [0.05, 0.1) is 0 Å². The molecule has 110 valence electrons. The summed E-state index contributed by atoms with van der Waals surface area (Å²) >= 11 is 0. The van der Waals surface area contributed by atoms with Crippen LogP contribution in [0.25, 0.3) is 0 Å². The van der Waals surface area contributed by atoms with Gasteiger partial charge in [-0.1, -0.05) is 25.5 Å². The van der Waals surface area contributed by atoms with Crippen molar-refractivity contribution in [2.24, 2.45) is 0 Å². The Balaban J connectivity index is 1.70. The SMILES string of the molecule is CCCCc1ccc(Nc2cc(N)nc(C3CC3)n2)cc1. The number of aryl methyl sites for hydroxylation is 1. The normalized spacial score (nSPS) is 14.1. The van der Waals surface area contributed by atoms with E-state index in [2.05, 4.69) is 46.5 Å². The first kappa shape index (κ1) is 13.9. The van der Waals surface area contributed by atoms with E-state index in [0.717, 1.165) is 23.8 Å². The van der Waals surface area contributed by atoms with E-state index in [9.17, 15) is 0 Å². The lowest BCUT2D eigenvalue weighted by molar-refractivity contribution is 0.795. The summed E-state index contributed by atoms with van der Waals surface area (Å²) in [5, 5.41) is 3.32. The highest BCUT2D eigenvalue weighted by molar-refractivity contribution is 5.59. The molecule has 0 aliphatic heterocycles. The number of nitrogens with zero attached hydrogens (tertiary/aromatic N) is 2. The van der Waals surface area contributed by atoms with Crippen LogP contribution in [0.5, 0.6) is 0 Å². The Morgan fingerprint density at radius 3 is 2.62 bits per heavy atom. The number of benzene rings is 1. The molecule has 1 saturated carbocycles. The number of nitrogens with one attached hydrogen (secondary N) is 1. The summed E-state index contributed by atoms with van der Waals surface area (Å²) in [7, 11) is 0. The quantitative estimate of drug-likeness (QED) is 0.840. The molecule has 0 amide bonds. The third-order valence-corrected chi connectivity index (χ3v) is 3.75. The van der Waals surface area contributed by atoms with Crippen LogP contribution in [0.4, 0.5) is 17.3 Å². The first-order chi connectivity index (χ1) is 10.2. The van der Waals surface area contributed by atoms with Crippen LogP contribution >= 0.6 is 0 Å². The smallest absolute Gasteiger partial charge is 0.136 e. The lowest BCUT2D eigenvalue weighted by Crippen LogP contribution is -2.02. The van der Waals surface area contributed by atoms with Crippen molar-refractivity contribution in [3.8, 4) is 0 Å². The average Bonchev–Trinajstić information content (AvgIpc) is 3.30. The maximum absolute atomic E-state index is 5.87. The summed E-state index contributed by atoms with van der Waals surface area (Å²) in [6, 6.07) is 10.3. The Labute approximate surface area is 125 Å². The van der Waals surface area contributed by atoms with Gasteiger partial charge in [0, 0.05) is 17.7 Å². The van der Waals surface area contributed by atoms with Gasteiger partial charge in [0.15, 0.2) is 0 Å². The second-order valence-corrected chi connectivity index (χ2v) is 5.74. The molecule has 0 spiro atoms. The molecule has 1 aliphatic carbocycles. The third kappa shape index (κ3) is 3.72. The predicted molar refractivity (Wildman–Crippen MR) is 86.8 cm³/mol. The summed E-state index contributed by atoms with van der Waals surface area (Å²) < 4.78 is 0. The van der Waals surface area contributed by atoms with Crippen molar-refractivity contribution in [1.29, 1.82) is 0 Å². The zero-order valence-corrected chi connectivity index (χ0v) is 12.5. The second-order valence-electron chi connectivity index (χ2n) is 5.74. The zero-order chi connectivity index (χ0) is 14.7. The molecular formula is C17H22N4. The molecule has 0 radical (unpaired) electrons. The van der Waals surface area contributed by atoms with Crippen LogP contribution < -0.4 is 11.1 Å². The maximum atomic E-state index is 5.87. The average molecular weight is 282 g/mol. The summed E-state index contributed by atoms with van der Waals surface area (Å²) in [6.45, 7) is 2.22. The number of rotatable bonds is 6. The van der Waals surface area contributed by atoms with Gasteiger partial charge in [-0.25, -0.2) is 9.97 Å². The highest BCUT2D eigenvalue weighted by Crippen LogP contribution is 2.38. The van der Waals surface area contributed by atoms with E-state index in [1.807, 2.05) is 0 Å². The molecule has 1 aromatic heterocycles. The van der Waals surface area contributed by atoms with Crippen molar-refractivity contribution in [2.75, 3.05) is 11.1 Å². The summed E-state index contributed by atoms with van der Waals surface area (Å²) in [4.78, 5) is 8.87. The van der Waals surface area contributed by atoms with Gasteiger partial charge in [-0.15, -0.1) is 0 Å². The number of hydrogen-bond acceptors (Lipinski definition) is 4. The van der Waals surface area contributed by atoms with Gasteiger partial charge in [-0.3, -0.25) is 0 Å². The van der Waals surface area contributed by atoms with Crippen LogP contribution in [-0.4, -0.2) is 9.97 Å². The lowest BCUT2D eigenvalue weighted by atomic mass is 10.1.